The lowest BCUT2D eigenvalue weighted by molar-refractivity contribution is -0.114. The van der Waals surface area contributed by atoms with Crippen molar-refractivity contribution in [2.45, 2.75) is 6.61 Å². The van der Waals surface area contributed by atoms with Gasteiger partial charge in [0.1, 0.15) is 19.5 Å². The lowest BCUT2D eigenvalue weighted by Gasteiger charge is -2.14. The molecule has 0 saturated carbocycles. The van der Waals surface area contributed by atoms with E-state index < -0.39 is 0 Å². The zero-order chi connectivity index (χ0) is 19.8. The second-order valence-corrected chi connectivity index (χ2v) is 6.01. The molecule has 28 heavy (non-hydrogen) atoms. The lowest BCUT2D eigenvalue weighted by atomic mass is 10.0. The fraction of sp³-hybridized carbons (Fsp3) is 0.130. The van der Waals surface area contributed by atoms with Gasteiger partial charge < -0.3 is 14.9 Å². The number of ether oxygens (including phenoxy) is 1. The largest absolute Gasteiger partial charge is 0.488 e. The molecule has 142 valence electrons. The second-order valence-electron chi connectivity index (χ2n) is 6.01. The fourth-order valence-corrected chi connectivity index (χ4v) is 2.90. The molecule has 0 heterocycles. The van der Waals surface area contributed by atoms with E-state index in [0.29, 0.717) is 12.2 Å². The van der Waals surface area contributed by atoms with Crippen LogP contribution in [0.1, 0.15) is 11.1 Å². The van der Waals surface area contributed by atoms with E-state index in [0.717, 1.165) is 22.4 Å². The number of likely N-dealkylation sites (N-methyl/N-ethyl adjacent to an activating group) is 1. The third-order valence-corrected chi connectivity index (χ3v) is 4.25. The fourth-order valence-electron chi connectivity index (χ4n) is 2.90. The number of carbonyl (C=O) groups excluding carboxylic acids is 1. The number of amides is 1. The molecule has 0 aliphatic rings. The van der Waals surface area contributed by atoms with Crippen molar-refractivity contribution in [3.05, 3.63) is 90.0 Å². The van der Waals surface area contributed by atoms with Crippen molar-refractivity contribution in [2.24, 2.45) is 5.16 Å². The molecule has 3 aromatic carbocycles. The molecular weight excluding hydrogens is 352 g/mol. The van der Waals surface area contributed by atoms with Crippen molar-refractivity contribution in [3.8, 4) is 16.9 Å². The maximum Gasteiger partial charge on any atom is 0.273 e. The van der Waals surface area contributed by atoms with Crippen LogP contribution in [-0.4, -0.2) is 25.8 Å². The molecule has 0 aliphatic carbocycles. The first-order valence-electron chi connectivity index (χ1n) is 8.93. The molecule has 1 N–H and O–H groups in total. The minimum absolute atomic E-state index is 0.209. The van der Waals surface area contributed by atoms with Crippen molar-refractivity contribution in [2.75, 3.05) is 14.2 Å². The Labute approximate surface area is 164 Å². The average molecular weight is 374 g/mol. The van der Waals surface area contributed by atoms with E-state index in [-0.39, 0.29) is 11.6 Å². The van der Waals surface area contributed by atoms with Crippen LogP contribution in [-0.2, 0) is 16.2 Å². The highest BCUT2D eigenvalue weighted by atomic mass is 16.6. The van der Waals surface area contributed by atoms with Crippen molar-refractivity contribution >= 4 is 11.6 Å². The van der Waals surface area contributed by atoms with Crippen LogP contribution in [0.5, 0.6) is 5.75 Å². The molecule has 0 saturated heterocycles. The minimum Gasteiger partial charge on any atom is -0.488 e. The van der Waals surface area contributed by atoms with Gasteiger partial charge in [0.2, 0.25) is 0 Å². The topological polar surface area (TPSA) is 59.9 Å². The van der Waals surface area contributed by atoms with E-state index >= 15 is 0 Å². The van der Waals surface area contributed by atoms with Gasteiger partial charge >= 0.3 is 0 Å². The van der Waals surface area contributed by atoms with Gasteiger partial charge in [-0.25, -0.2) is 0 Å². The highest BCUT2D eigenvalue weighted by Crippen LogP contribution is 2.30. The van der Waals surface area contributed by atoms with E-state index in [1.54, 1.807) is 7.05 Å². The summed E-state index contributed by atoms with van der Waals surface area (Å²) in [5.41, 5.74) is 3.81. The highest BCUT2D eigenvalue weighted by Gasteiger charge is 2.17. The molecule has 3 rings (SSSR count). The van der Waals surface area contributed by atoms with Crippen molar-refractivity contribution < 1.29 is 14.4 Å². The first-order valence-corrected chi connectivity index (χ1v) is 8.93. The van der Waals surface area contributed by atoms with Crippen molar-refractivity contribution in [1.29, 1.82) is 0 Å². The van der Waals surface area contributed by atoms with E-state index in [9.17, 15) is 4.79 Å². The van der Waals surface area contributed by atoms with Gasteiger partial charge in [-0.3, -0.25) is 4.79 Å². The zero-order valence-electron chi connectivity index (χ0n) is 15.9. The third kappa shape index (κ3) is 4.38. The number of benzene rings is 3. The van der Waals surface area contributed by atoms with Gasteiger partial charge in [0.05, 0.1) is 0 Å². The monoisotopic (exact) mass is 374 g/mol. The van der Waals surface area contributed by atoms with Gasteiger partial charge in [0.15, 0.2) is 5.71 Å². The van der Waals surface area contributed by atoms with Crippen molar-refractivity contribution in [1.82, 2.24) is 5.32 Å². The molecule has 0 atom stereocenters. The van der Waals surface area contributed by atoms with Gasteiger partial charge in [-0.2, -0.15) is 0 Å². The van der Waals surface area contributed by atoms with Gasteiger partial charge in [-0.05, 0) is 17.2 Å². The SMILES string of the molecule is CNC(=O)C(=NOC)c1ccccc1COc1ccccc1-c1ccccc1. The zero-order valence-corrected chi connectivity index (χ0v) is 15.9. The maximum absolute atomic E-state index is 12.2. The number of oxime groups is 1. The molecule has 0 radical (unpaired) electrons. The van der Waals surface area contributed by atoms with E-state index in [1.807, 2.05) is 78.9 Å². The molecule has 0 bridgehead atoms. The average Bonchev–Trinajstić information content (AvgIpc) is 2.76. The minimum atomic E-state index is -0.320. The predicted molar refractivity (Wildman–Crippen MR) is 110 cm³/mol. The summed E-state index contributed by atoms with van der Waals surface area (Å²) < 4.78 is 6.13. The second kappa shape index (κ2) is 9.37. The molecule has 5 nitrogen and oxygen atoms in total. The summed E-state index contributed by atoms with van der Waals surface area (Å²) >= 11 is 0. The molecule has 0 aromatic heterocycles. The number of hydrogen-bond acceptors (Lipinski definition) is 4. The lowest BCUT2D eigenvalue weighted by Crippen LogP contribution is -2.29. The standard InChI is InChI=1S/C23H22N2O3/c1-24-23(26)22(25-27-2)20-14-7-6-12-18(20)16-28-21-15-9-8-13-19(21)17-10-4-3-5-11-17/h3-15H,16H2,1-2H3,(H,24,26). The summed E-state index contributed by atoms with van der Waals surface area (Å²) in [4.78, 5) is 17.1. The molecular formula is C23H22N2O3. The molecule has 1 amide bonds. The van der Waals surface area contributed by atoms with Crippen LogP contribution in [0.3, 0.4) is 0 Å². The Morgan fingerprint density at radius 1 is 0.929 bits per heavy atom. The Kier molecular flexibility index (Phi) is 6.41. The van der Waals surface area contributed by atoms with Crippen LogP contribution in [0.2, 0.25) is 0 Å². The Hall–Kier alpha value is -3.60. The number of nitrogens with one attached hydrogen (secondary N) is 1. The summed E-state index contributed by atoms with van der Waals surface area (Å²) in [7, 11) is 2.97. The van der Waals surface area contributed by atoms with Crippen LogP contribution in [0.4, 0.5) is 0 Å². The maximum atomic E-state index is 12.2. The highest BCUT2D eigenvalue weighted by molar-refractivity contribution is 6.45. The Bertz CT molecular complexity index is 968. The quantitative estimate of drug-likeness (QED) is 0.502. The first-order chi connectivity index (χ1) is 13.7. The Balaban J connectivity index is 1.89. The van der Waals surface area contributed by atoms with E-state index in [4.69, 9.17) is 9.57 Å². The first kappa shape index (κ1) is 19.2. The smallest absolute Gasteiger partial charge is 0.273 e. The van der Waals surface area contributed by atoms with Crippen LogP contribution >= 0.6 is 0 Å². The van der Waals surface area contributed by atoms with Crippen molar-refractivity contribution in [3.63, 3.8) is 0 Å². The number of nitrogens with zero attached hydrogens (tertiary/aromatic N) is 1. The summed E-state index contributed by atoms with van der Waals surface area (Å²) in [5.74, 6) is 0.452. The predicted octanol–water partition coefficient (Wildman–Crippen LogP) is 4.03. The molecule has 3 aromatic rings. The summed E-state index contributed by atoms with van der Waals surface area (Å²) in [6.45, 7) is 0.291. The molecule has 0 aliphatic heterocycles. The molecule has 5 heteroatoms. The number of para-hydroxylation sites is 1. The molecule has 0 spiro atoms. The molecule has 0 unspecified atom stereocenters. The van der Waals surface area contributed by atoms with Crippen LogP contribution in [0.25, 0.3) is 11.1 Å². The number of carbonyl (C=O) groups is 1. The van der Waals surface area contributed by atoms with Crippen LogP contribution < -0.4 is 10.1 Å². The van der Waals surface area contributed by atoms with Crippen LogP contribution in [0, 0.1) is 0 Å². The number of hydrogen-bond donors (Lipinski definition) is 1. The van der Waals surface area contributed by atoms with E-state index in [1.165, 1.54) is 7.11 Å². The van der Waals surface area contributed by atoms with Gasteiger partial charge in [0.25, 0.3) is 5.91 Å². The Morgan fingerprint density at radius 2 is 1.61 bits per heavy atom. The third-order valence-electron chi connectivity index (χ3n) is 4.25. The molecule has 0 fully saturated rings. The normalized spacial score (nSPS) is 11.0. The summed E-state index contributed by atoms with van der Waals surface area (Å²) in [6.07, 6.45) is 0. The summed E-state index contributed by atoms with van der Waals surface area (Å²) in [5, 5.41) is 6.48. The number of rotatable bonds is 7. The van der Waals surface area contributed by atoms with Gasteiger partial charge in [-0.15, -0.1) is 0 Å². The van der Waals surface area contributed by atoms with Gasteiger partial charge in [0, 0.05) is 18.2 Å². The summed E-state index contributed by atoms with van der Waals surface area (Å²) in [6, 6.07) is 25.5. The Morgan fingerprint density at radius 3 is 2.36 bits per heavy atom. The van der Waals surface area contributed by atoms with Crippen LogP contribution in [0.15, 0.2) is 84.0 Å². The van der Waals surface area contributed by atoms with Gasteiger partial charge in [-0.1, -0.05) is 78.0 Å². The van der Waals surface area contributed by atoms with E-state index in [2.05, 4.69) is 10.5 Å².